The van der Waals surface area contributed by atoms with Crippen LogP contribution in [0.4, 0.5) is 0 Å². The molecule has 3 nitrogen and oxygen atoms in total. The Kier molecular flexibility index (Phi) is 3.20. The standard InChI is InChI=1S/C18H23N3/c1-12-8-13(17-4-2-3-5-18(17)20-12)11-21-15-6-7-16(21)10-14(19)9-15/h2-5,8,14-16H,6-7,9-11,19H2,1H3. The quantitative estimate of drug-likeness (QED) is 0.920. The zero-order valence-corrected chi connectivity index (χ0v) is 12.6. The van der Waals surface area contributed by atoms with Crippen LogP contribution in [0.25, 0.3) is 10.9 Å². The number of hydrogen-bond donors (Lipinski definition) is 1. The number of nitrogens with zero attached hydrogens (tertiary/aromatic N) is 2. The predicted octanol–water partition coefficient (Wildman–Crippen LogP) is 3.00. The van der Waals surface area contributed by atoms with Gasteiger partial charge < -0.3 is 5.73 Å². The number of nitrogens with two attached hydrogens (primary N) is 1. The summed E-state index contributed by atoms with van der Waals surface area (Å²) in [6.45, 7) is 3.14. The average Bonchev–Trinajstić information content (AvgIpc) is 2.69. The van der Waals surface area contributed by atoms with Crippen molar-refractivity contribution in [1.29, 1.82) is 0 Å². The fourth-order valence-electron chi connectivity index (χ4n) is 4.30. The van der Waals surface area contributed by atoms with Crippen molar-refractivity contribution in [3.05, 3.63) is 41.6 Å². The second kappa shape index (κ2) is 5.08. The zero-order chi connectivity index (χ0) is 14.4. The van der Waals surface area contributed by atoms with Crippen LogP contribution in [0.15, 0.2) is 30.3 Å². The van der Waals surface area contributed by atoms with E-state index in [4.69, 9.17) is 5.73 Å². The Morgan fingerprint density at radius 3 is 2.67 bits per heavy atom. The van der Waals surface area contributed by atoms with Crippen molar-refractivity contribution < 1.29 is 0 Å². The lowest BCUT2D eigenvalue weighted by atomic mass is 9.97. The number of piperidine rings is 1. The maximum atomic E-state index is 6.19. The Morgan fingerprint density at radius 2 is 1.90 bits per heavy atom. The van der Waals surface area contributed by atoms with Crippen LogP contribution in [0.1, 0.15) is 36.9 Å². The van der Waals surface area contributed by atoms with E-state index < -0.39 is 0 Å². The highest BCUT2D eigenvalue weighted by molar-refractivity contribution is 5.82. The van der Waals surface area contributed by atoms with Crippen LogP contribution in [0.3, 0.4) is 0 Å². The third-order valence-corrected chi connectivity index (χ3v) is 5.20. The van der Waals surface area contributed by atoms with Gasteiger partial charge in [0.25, 0.3) is 0 Å². The van der Waals surface area contributed by atoms with Gasteiger partial charge in [-0.3, -0.25) is 9.88 Å². The molecule has 2 atom stereocenters. The molecular formula is C18H23N3. The maximum Gasteiger partial charge on any atom is 0.0708 e. The highest BCUT2D eigenvalue weighted by Crippen LogP contribution is 2.36. The number of benzene rings is 1. The number of aromatic nitrogens is 1. The highest BCUT2D eigenvalue weighted by Gasteiger charge is 2.39. The molecule has 2 fully saturated rings. The second-order valence-electron chi connectivity index (χ2n) is 6.73. The minimum atomic E-state index is 0.412. The summed E-state index contributed by atoms with van der Waals surface area (Å²) in [5.74, 6) is 0. The topological polar surface area (TPSA) is 42.1 Å². The first-order chi connectivity index (χ1) is 10.2. The van der Waals surface area contributed by atoms with E-state index >= 15 is 0 Å². The molecular weight excluding hydrogens is 258 g/mol. The number of rotatable bonds is 2. The van der Waals surface area contributed by atoms with E-state index in [-0.39, 0.29) is 0 Å². The summed E-state index contributed by atoms with van der Waals surface area (Å²) < 4.78 is 0. The molecule has 2 aliphatic heterocycles. The molecule has 1 aromatic carbocycles. The molecule has 2 N–H and O–H groups in total. The van der Waals surface area contributed by atoms with E-state index in [1.54, 1.807) is 0 Å². The first-order valence-corrected chi connectivity index (χ1v) is 8.07. The highest BCUT2D eigenvalue weighted by atomic mass is 15.2. The number of fused-ring (bicyclic) bond motifs is 3. The summed E-state index contributed by atoms with van der Waals surface area (Å²) in [6.07, 6.45) is 4.97. The number of para-hydroxylation sites is 1. The van der Waals surface area contributed by atoms with Crippen molar-refractivity contribution in [2.24, 2.45) is 5.73 Å². The van der Waals surface area contributed by atoms with Crippen molar-refractivity contribution in [2.75, 3.05) is 0 Å². The SMILES string of the molecule is Cc1cc(CN2C3CCC2CC(N)C3)c2ccccc2n1. The van der Waals surface area contributed by atoms with Gasteiger partial charge in [-0.1, -0.05) is 18.2 Å². The van der Waals surface area contributed by atoms with E-state index in [2.05, 4.69) is 47.1 Å². The van der Waals surface area contributed by atoms with Crippen molar-refractivity contribution in [1.82, 2.24) is 9.88 Å². The fraction of sp³-hybridized carbons (Fsp3) is 0.500. The molecule has 2 unspecified atom stereocenters. The monoisotopic (exact) mass is 281 g/mol. The Bertz CT molecular complexity index is 653. The van der Waals surface area contributed by atoms with E-state index in [1.807, 2.05) is 0 Å². The van der Waals surface area contributed by atoms with Crippen LogP contribution < -0.4 is 5.73 Å². The lowest BCUT2D eigenvalue weighted by Crippen LogP contribution is -2.46. The first-order valence-electron chi connectivity index (χ1n) is 8.07. The van der Waals surface area contributed by atoms with Crippen molar-refractivity contribution in [2.45, 2.75) is 57.3 Å². The summed E-state index contributed by atoms with van der Waals surface area (Å²) in [5.41, 5.74) is 9.85. The van der Waals surface area contributed by atoms with Crippen molar-refractivity contribution in [3.8, 4) is 0 Å². The third-order valence-electron chi connectivity index (χ3n) is 5.20. The van der Waals surface area contributed by atoms with Crippen LogP contribution >= 0.6 is 0 Å². The van der Waals surface area contributed by atoms with Gasteiger partial charge in [0.2, 0.25) is 0 Å². The molecule has 0 radical (unpaired) electrons. The Balaban J connectivity index is 1.69. The first kappa shape index (κ1) is 13.2. The second-order valence-corrected chi connectivity index (χ2v) is 6.73. The van der Waals surface area contributed by atoms with Gasteiger partial charge in [0.15, 0.2) is 0 Å². The van der Waals surface area contributed by atoms with Gasteiger partial charge in [0, 0.05) is 35.8 Å². The van der Waals surface area contributed by atoms with Crippen LogP contribution in [-0.2, 0) is 6.54 Å². The van der Waals surface area contributed by atoms with Gasteiger partial charge in [-0.05, 0) is 50.3 Å². The largest absolute Gasteiger partial charge is 0.328 e. The van der Waals surface area contributed by atoms with Gasteiger partial charge in [0.05, 0.1) is 5.52 Å². The summed E-state index contributed by atoms with van der Waals surface area (Å²) in [5, 5.41) is 1.30. The molecule has 110 valence electrons. The van der Waals surface area contributed by atoms with E-state index in [9.17, 15) is 0 Å². The van der Waals surface area contributed by atoms with Gasteiger partial charge in [-0.2, -0.15) is 0 Å². The predicted molar refractivity (Wildman–Crippen MR) is 86.0 cm³/mol. The fourth-order valence-corrected chi connectivity index (χ4v) is 4.30. The Labute approximate surface area is 126 Å². The Hall–Kier alpha value is -1.45. The van der Waals surface area contributed by atoms with Gasteiger partial charge >= 0.3 is 0 Å². The average molecular weight is 281 g/mol. The van der Waals surface area contributed by atoms with Gasteiger partial charge in [0.1, 0.15) is 0 Å². The molecule has 21 heavy (non-hydrogen) atoms. The smallest absolute Gasteiger partial charge is 0.0708 e. The molecule has 2 bridgehead atoms. The molecule has 2 aliphatic rings. The van der Waals surface area contributed by atoms with E-state index in [0.717, 1.165) is 17.8 Å². The molecule has 3 heterocycles. The van der Waals surface area contributed by atoms with Crippen molar-refractivity contribution in [3.63, 3.8) is 0 Å². The number of aryl methyl sites for hydroxylation is 1. The van der Waals surface area contributed by atoms with E-state index in [1.165, 1.54) is 36.6 Å². The molecule has 0 amide bonds. The minimum Gasteiger partial charge on any atom is -0.328 e. The van der Waals surface area contributed by atoms with Crippen molar-refractivity contribution >= 4 is 10.9 Å². The van der Waals surface area contributed by atoms with Gasteiger partial charge in [-0.15, -0.1) is 0 Å². The maximum absolute atomic E-state index is 6.19. The molecule has 2 aromatic rings. The molecule has 1 aromatic heterocycles. The normalized spacial score (nSPS) is 29.1. The van der Waals surface area contributed by atoms with Crippen LogP contribution in [-0.4, -0.2) is 28.0 Å². The molecule has 0 aliphatic carbocycles. The lowest BCUT2D eigenvalue weighted by Gasteiger charge is -2.38. The summed E-state index contributed by atoms with van der Waals surface area (Å²) in [6, 6.07) is 12.6. The Morgan fingerprint density at radius 1 is 1.19 bits per heavy atom. The van der Waals surface area contributed by atoms with E-state index in [0.29, 0.717) is 18.1 Å². The van der Waals surface area contributed by atoms with Crippen LogP contribution in [0.5, 0.6) is 0 Å². The minimum absolute atomic E-state index is 0.412. The summed E-state index contributed by atoms with van der Waals surface area (Å²) >= 11 is 0. The third kappa shape index (κ3) is 2.34. The summed E-state index contributed by atoms with van der Waals surface area (Å²) in [4.78, 5) is 7.36. The summed E-state index contributed by atoms with van der Waals surface area (Å²) in [7, 11) is 0. The molecule has 3 heteroatoms. The lowest BCUT2D eigenvalue weighted by molar-refractivity contribution is 0.120. The zero-order valence-electron chi connectivity index (χ0n) is 12.6. The number of hydrogen-bond acceptors (Lipinski definition) is 3. The molecule has 2 saturated heterocycles. The van der Waals surface area contributed by atoms with Crippen LogP contribution in [0, 0.1) is 6.92 Å². The number of pyridine rings is 1. The molecule has 4 rings (SSSR count). The molecule has 0 spiro atoms. The van der Waals surface area contributed by atoms with Gasteiger partial charge in [-0.25, -0.2) is 0 Å². The van der Waals surface area contributed by atoms with Crippen LogP contribution in [0.2, 0.25) is 0 Å². The molecule has 0 saturated carbocycles.